The first-order valence-electron chi connectivity index (χ1n) is 16.1. The summed E-state index contributed by atoms with van der Waals surface area (Å²) in [6.45, 7) is 13.5. The minimum absolute atomic E-state index is 0.000770. The molecule has 8 nitrogen and oxygen atoms in total. The van der Waals surface area contributed by atoms with Gasteiger partial charge < -0.3 is 20.4 Å². The van der Waals surface area contributed by atoms with Gasteiger partial charge in [0, 0.05) is 61.2 Å². The molecule has 2 N–H and O–H groups in total. The molecule has 2 aliphatic carbocycles. The molecule has 4 aliphatic rings. The van der Waals surface area contributed by atoms with Gasteiger partial charge in [-0.1, -0.05) is 38.8 Å². The fourth-order valence-electron chi connectivity index (χ4n) is 7.61. The third-order valence-corrected chi connectivity index (χ3v) is 9.96. The molecular weight excluding hydrogens is 516 g/mol. The molecule has 0 radical (unpaired) electrons. The first kappa shape index (κ1) is 31.3. The van der Waals surface area contributed by atoms with Crippen molar-refractivity contribution in [1.29, 1.82) is 0 Å². The highest BCUT2D eigenvalue weighted by molar-refractivity contribution is 5.93. The second-order valence-corrected chi connectivity index (χ2v) is 13.4. The van der Waals surface area contributed by atoms with Crippen LogP contribution in [0.15, 0.2) is 24.3 Å². The summed E-state index contributed by atoms with van der Waals surface area (Å²) in [6, 6.07) is 0.496. The molecule has 2 aliphatic heterocycles. The number of carbonyl (C=O) groups excluding carboxylic acids is 4. The lowest BCUT2D eigenvalue weighted by atomic mass is 9.75. The zero-order valence-corrected chi connectivity index (χ0v) is 25.4. The summed E-state index contributed by atoms with van der Waals surface area (Å²) < 4.78 is 0. The van der Waals surface area contributed by atoms with Crippen molar-refractivity contribution in [2.75, 3.05) is 26.2 Å². The van der Waals surface area contributed by atoms with Crippen molar-refractivity contribution in [1.82, 2.24) is 20.4 Å². The predicted molar refractivity (Wildman–Crippen MR) is 161 cm³/mol. The van der Waals surface area contributed by atoms with Gasteiger partial charge in [0.05, 0.1) is 0 Å². The Morgan fingerprint density at radius 1 is 0.610 bits per heavy atom. The molecule has 4 rings (SSSR count). The molecule has 41 heavy (non-hydrogen) atoms. The predicted octanol–water partition coefficient (Wildman–Crippen LogP) is 4.36. The number of nitrogens with one attached hydrogen (secondary N) is 2. The molecule has 228 valence electrons. The van der Waals surface area contributed by atoms with Crippen LogP contribution >= 0.6 is 0 Å². The number of rotatable bonds is 8. The fraction of sp³-hybridized carbons (Fsp3) is 0.758. The maximum absolute atomic E-state index is 13.0. The number of likely N-dealkylation sites (tertiary alicyclic amines) is 2. The number of nitrogens with zero attached hydrogens (tertiary/aromatic N) is 2. The quantitative estimate of drug-likeness (QED) is 0.425. The zero-order chi connectivity index (χ0) is 29.5. The van der Waals surface area contributed by atoms with Crippen molar-refractivity contribution in [3.05, 3.63) is 24.3 Å². The number of carbonyl (C=O) groups is 4. The molecule has 2 saturated heterocycles. The first-order valence-corrected chi connectivity index (χ1v) is 16.1. The van der Waals surface area contributed by atoms with E-state index in [0.717, 1.165) is 64.2 Å². The Kier molecular flexibility index (Phi) is 11.1. The third-order valence-electron chi connectivity index (χ3n) is 9.96. The van der Waals surface area contributed by atoms with Gasteiger partial charge in [0.25, 0.3) is 0 Å². The Morgan fingerprint density at radius 3 is 1.32 bits per heavy atom. The van der Waals surface area contributed by atoms with E-state index in [1.165, 1.54) is 19.3 Å². The molecule has 2 heterocycles. The van der Waals surface area contributed by atoms with Crippen LogP contribution in [0, 0.1) is 23.7 Å². The van der Waals surface area contributed by atoms with Crippen LogP contribution in [0.1, 0.15) is 97.3 Å². The van der Waals surface area contributed by atoms with Gasteiger partial charge in [0.2, 0.25) is 23.6 Å². The van der Waals surface area contributed by atoms with Gasteiger partial charge in [-0.25, -0.2) is 0 Å². The maximum Gasteiger partial charge on any atom is 0.248 e. The van der Waals surface area contributed by atoms with E-state index in [9.17, 15) is 19.2 Å². The van der Waals surface area contributed by atoms with E-state index in [1.807, 2.05) is 9.80 Å². The molecular formula is C33H52N4O4. The van der Waals surface area contributed by atoms with Crippen LogP contribution in [-0.2, 0) is 19.2 Å². The average molecular weight is 569 g/mol. The van der Waals surface area contributed by atoms with E-state index >= 15 is 0 Å². The van der Waals surface area contributed by atoms with Crippen molar-refractivity contribution in [3.63, 3.8) is 0 Å². The van der Waals surface area contributed by atoms with Crippen molar-refractivity contribution < 1.29 is 19.2 Å². The molecule has 4 amide bonds. The van der Waals surface area contributed by atoms with Crippen LogP contribution in [-0.4, -0.2) is 71.7 Å². The topological polar surface area (TPSA) is 98.8 Å². The Hall–Kier alpha value is -2.64. The Bertz CT molecular complexity index is 915. The molecule has 0 aromatic heterocycles. The fourth-order valence-corrected chi connectivity index (χ4v) is 7.61. The summed E-state index contributed by atoms with van der Waals surface area (Å²) in [7, 11) is 0. The normalized spacial score (nSPS) is 28.0. The highest BCUT2D eigenvalue weighted by Crippen LogP contribution is 2.36. The van der Waals surface area contributed by atoms with Gasteiger partial charge in [0.15, 0.2) is 0 Å². The van der Waals surface area contributed by atoms with E-state index in [4.69, 9.17) is 0 Å². The van der Waals surface area contributed by atoms with Crippen LogP contribution in [0.2, 0.25) is 0 Å². The number of piperidine rings is 2. The largest absolute Gasteiger partial charge is 0.353 e. The van der Waals surface area contributed by atoms with Gasteiger partial charge in [0.1, 0.15) is 0 Å². The number of amides is 4. The lowest BCUT2D eigenvalue weighted by Gasteiger charge is -2.37. The van der Waals surface area contributed by atoms with Gasteiger partial charge in [-0.3, -0.25) is 19.2 Å². The zero-order valence-electron chi connectivity index (χ0n) is 25.4. The second-order valence-electron chi connectivity index (χ2n) is 13.4. The molecule has 4 fully saturated rings. The average Bonchev–Trinajstić information content (AvgIpc) is 2.96. The molecule has 8 heteroatoms. The van der Waals surface area contributed by atoms with Gasteiger partial charge >= 0.3 is 0 Å². The Labute approximate surface area is 246 Å². The van der Waals surface area contributed by atoms with Crippen LogP contribution in [0.3, 0.4) is 0 Å². The Balaban J connectivity index is 1.17. The summed E-state index contributed by atoms with van der Waals surface area (Å²) >= 11 is 0. The SMILES string of the molecule is C=C(C)C(=O)N1CCC(C(=O)NC2CCCC(CC3CCCC(NC(=O)C4CCN(C(=O)C(=C)C)CC4)C3)C2)CC1. The van der Waals surface area contributed by atoms with E-state index in [-0.39, 0.29) is 47.5 Å². The van der Waals surface area contributed by atoms with Crippen molar-refractivity contribution in [2.24, 2.45) is 23.7 Å². The van der Waals surface area contributed by atoms with Crippen molar-refractivity contribution >= 4 is 23.6 Å². The Morgan fingerprint density at radius 2 is 0.976 bits per heavy atom. The van der Waals surface area contributed by atoms with E-state index in [2.05, 4.69) is 23.8 Å². The van der Waals surface area contributed by atoms with Gasteiger partial charge in [-0.2, -0.15) is 0 Å². The molecule has 0 spiro atoms. The van der Waals surface area contributed by atoms with Crippen LogP contribution in [0.4, 0.5) is 0 Å². The maximum atomic E-state index is 13.0. The van der Waals surface area contributed by atoms with Gasteiger partial charge in [-0.05, 0) is 83.5 Å². The molecule has 0 bridgehead atoms. The molecule has 2 saturated carbocycles. The van der Waals surface area contributed by atoms with Crippen LogP contribution in [0.5, 0.6) is 0 Å². The minimum atomic E-state index is -0.00825. The standard InChI is InChI=1S/C33H52N4O4/c1-22(2)32(40)36-15-11-26(12-16-36)30(38)34-28-9-5-7-24(20-28)19-25-8-6-10-29(21-25)35-31(39)27-13-17-37(18-14-27)33(41)23(3)4/h24-29H,1,3,5-21H2,2,4H3,(H,34,38)(H,35,39). The monoisotopic (exact) mass is 568 g/mol. The van der Waals surface area contributed by atoms with Crippen LogP contribution in [0.25, 0.3) is 0 Å². The molecule has 4 unspecified atom stereocenters. The number of hydrogen-bond acceptors (Lipinski definition) is 4. The summed E-state index contributed by atoms with van der Waals surface area (Å²) in [5, 5.41) is 6.73. The summed E-state index contributed by atoms with van der Waals surface area (Å²) in [6.07, 6.45) is 13.0. The van der Waals surface area contributed by atoms with Crippen LogP contribution < -0.4 is 10.6 Å². The molecule has 4 atom stereocenters. The van der Waals surface area contributed by atoms with Gasteiger partial charge in [-0.15, -0.1) is 0 Å². The lowest BCUT2D eigenvalue weighted by molar-refractivity contribution is -0.133. The van der Waals surface area contributed by atoms with E-state index < -0.39 is 0 Å². The number of hydrogen-bond donors (Lipinski definition) is 2. The summed E-state index contributed by atoms with van der Waals surface area (Å²) in [5.41, 5.74) is 1.11. The highest BCUT2D eigenvalue weighted by Gasteiger charge is 2.33. The first-order chi connectivity index (χ1) is 19.6. The van der Waals surface area contributed by atoms with Crippen molar-refractivity contribution in [2.45, 2.75) is 109 Å². The third kappa shape index (κ3) is 8.68. The smallest absolute Gasteiger partial charge is 0.248 e. The highest BCUT2D eigenvalue weighted by atomic mass is 16.2. The summed E-state index contributed by atoms with van der Waals surface area (Å²) in [5.74, 6) is 1.55. The molecule has 0 aromatic rings. The van der Waals surface area contributed by atoms with E-state index in [1.54, 1.807) is 13.8 Å². The molecule has 0 aromatic carbocycles. The second kappa shape index (κ2) is 14.5. The van der Waals surface area contributed by atoms with Crippen molar-refractivity contribution in [3.8, 4) is 0 Å². The van der Waals surface area contributed by atoms with E-state index in [0.29, 0.717) is 49.2 Å². The lowest BCUT2D eigenvalue weighted by Crippen LogP contribution is -2.47. The minimum Gasteiger partial charge on any atom is -0.353 e. The summed E-state index contributed by atoms with van der Waals surface area (Å²) in [4.78, 5) is 54.1.